The van der Waals surface area contributed by atoms with Crippen molar-refractivity contribution in [3.8, 4) is 0 Å². The van der Waals surface area contributed by atoms with Crippen LogP contribution in [0.2, 0.25) is 0 Å². The predicted octanol–water partition coefficient (Wildman–Crippen LogP) is 2.90. The standard InChI is InChI=1S/C16H20FNO/c17-14-5-3-4-13-12(14)6-9-16(13)11-18-10-15(19-16)7-1-2-8-15/h3-5,18H,1-2,6-11H2. The van der Waals surface area contributed by atoms with Gasteiger partial charge < -0.3 is 10.1 Å². The number of hydrogen-bond acceptors (Lipinski definition) is 2. The fraction of sp³-hybridized carbons (Fsp3) is 0.625. The van der Waals surface area contributed by atoms with Gasteiger partial charge in [0.25, 0.3) is 0 Å². The molecule has 1 N–H and O–H groups in total. The number of hydrogen-bond donors (Lipinski definition) is 1. The Kier molecular flexibility index (Phi) is 2.52. The monoisotopic (exact) mass is 261 g/mol. The van der Waals surface area contributed by atoms with Crippen LogP contribution in [0.25, 0.3) is 0 Å². The summed E-state index contributed by atoms with van der Waals surface area (Å²) in [6, 6.07) is 5.45. The van der Waals surface area contributed by atoms with Crippen LogP contribution in [0.3, 0.4) is 0 Å². The highest BCUT2D eigenvalue weighted by atomic mass is 19.1. The minimum absolute atomic E-state index is 0.00613. The average Bonchev–Trinajstić information content (AvgIpc) is 2.98. The molecule has 1 saturated heterocycles. The van der Waals surface area contributed by atoms with E-state index in [-0.39, 0.29) is 17.0 Å². The molecule has 0 amide bonds. The summed E-state index contributed by atoms with van der Waals surface area (Å²) < 4.78 is 20.6. The minimum atomic E-state index is -0.278. The van der Waals surface area contributed by atoms with Crippen LogP contribution in [0.15, 0.2) is 18.2 Å². The van der Waals surface area contributed by atoms with Gasteiger partial charge in [-0.3, -0.25) is 0 Å². The van der Waals surface area contributed by atoms with Crippen molar-refractivity contribution >= 4 is 0 Å². The molecule has 1 unspecified atom stereocenters. The summed E-state index contributed by atoms with van der Waals surface area (Å²) in [6.07, 6.45) is 6.53. The maximum absolute atomic E-state index is 13.9. The average molecular weight is 261 g/mol. The molecule has 1 aromatic rings. The summed E-state index contributed by atoms with van der Waals surface area (Å²) in [6.45, 7) is 1.78. The summed E-state index contributed by atoms with van der Waals surface area (Å²) in [7, 11) is 0. The smallest absolute Gasteiger partial charge is 0.126 e. The zero-order valence-electron chi connectivity index (χ0n) is 11.2. The molecule has 0 aromatic heterocycles. The minimum Gasteiger partial charge on any atom is -0.361 e. The summed E-state index contributed by atoms with van der Waals surface area (Å²) in [5, 5.41) is 3.56. The van der Waals surface area contributed by atoms with Gasteiger partial charge in [-0.2, -0.15) is 0 Å². The Morgan fingerprint density at radius 2 is 1.95 bits per heavy atom. The number of rotatable bonds is 0. The summed E-state index contributed by atoms with van der Waals surface area (Å²) in [5.41, 5.74) is 1.69. The van der Waals surface area contributed by atoms with Crippen molar-refractivity contribution in [1.82, 2.24) is 5.32 Å². The van der Waals surface area contributed by atoms with Crippen LogP contribution in [0.4, 0.5) is 4.39 Å². The van der Waals surface area contributed by atoms with E-state index >= 15 is 0 Å². The van der Waals surface area contributed by atoms with Gasteiger partial charge in [0.15, 0.2) is 0 Å². The lowest BCUT2D eigenvalue weighted by molar-refractivity contribution is -0.180. The van der Waals surface area contributed by atoms with Crippen molar-refractivity contribution < 1.29 is 9.13 Å². The number of halogens is 1. The van der Waals surface area contributed by atoms with Crippen LogP contribution in [-0.4, -0.2) is 18.7 Å². The number of fused-ring (bicyclic) bond motifs is 2. The first-order valence-electron chi connectivity index (χ1n) is 7.42. The fourth-order valence-electron chi connectivity index (χ4n) is 4.27. The molecule has 2 fully saturated rings. The largest absolute Gasteiger partial charge is 0.361 e. The Balaban J connectivity index is 1.74. The predicted molar refractivity (Wildman–Crippen MR) is 71.6 cm³/mol. The van der Waals surface area contributed by atoms with Crippen LogP contribution >= 0.6 is 0 Å². The van der Waals surface area contributed by atoms with Crippen molar-refractivity contribution in [1.29, 1.82) is 0 Å². The van der Waals surface area contributed by atoms with E-state index in [4.69, 9.17) is 4.74 Å². The van der Waals surface area contributed by atoms with Gasteiger partial charge in [0.2, 0.25) is 0 Å². The van der Waals surface area contributed by atoms with Gasteiger partial charge in [-0.15, -0.1) is 0 Å². The van der Waals surface area contributed by atoms with Gasteiger partial charge >= 0.3 is 0 Å². The first-order chi connectivity index (χ1) is 9.23. The molecule has 19 heavy (non-hydrogen) atoms. The van der Waals surface area contributed by atoms with E-state index in [9.17, 15) is 4.39 Å². The lowest BCUT2D eigenvalue weighted by atomic mass is 9.89. The van der Waals surface area contributed by atoms with Crippen molar-refractivity contribution in [2.45, 2.75) is 49.7 Å². The zero-order valence-corrected chi connectivity index (χ0v) is 11.2. The highest BCUT2D eigenvalue weighted by molar-refractivity contribution is 5.39. The quantitative estimate of drug-likeness (QED) is 0.775. The third-order valence-corrected chi connectivity index (χ3v) is 5.17. The van der Waals surface area contributed by atoms with Crippen molar-refractivity contribution in [3.05, 3.63) is 35.1 Å². The molecule has 0 radical (unpaired) electrons. The summed E-state index contributed by atoms with van der Waals surface area (Å²) in [4.78, 5) is 0. The number of morpholine rings is 1. The van der Waals surface area contributed by atoms with Gasteiger partial charge in [0, 0.05) is 13.1 Å². The van der Waals surface area contributed by atoms with E-state index in [2.05, 4.69) is 11.4 Å². The van der Waals surface area contributed by atoms with Crippen LogP contribution in [-0.2, 0) is 16.8 Å². The molecule has 1 aromatic carbocycles. The van der Waals surface area contributed by atoms with Crippen LogP contribution in [0.1, 0.15) is 43.2 Å². The third kappa shape index (κ3) is 1.68. The summed E-state index contributed by atoms with van der Waals surface area (Å²) >= 11 is 0. The van der Waals surface area contributed by atoms with Gasteiger partial charge in [-0.05, 0) is 42.9 Å². The molecule has 3 aliphatic rings. The van der Waals surface area contributed by atoms with E-state index in [1.807, 2.05) is 6.07 Å². The normalized spacial score (nSPS) is 32.1. The lowest BCUT2D eigenvalue weighted by Crippen LogP contribution is -2.57. The molecule has 1 saturated carbocycles. The Hall–Kier alpha value is -0.930. The van der Waals surface area contributed by atoms with Crippen molar-refractivity contribution in [2.24, 2.45) is 0 Å². The second-order valence-corrected chi connectivity index (χ2v) is 6.36. The molecule has 102 valence electrons. The van der Waals surface area contributed by atoms with E-state index in [0.29, 0.717) is 0 Å². The van der Waals surface area contributed by atoms with E-state index in [1.54, 1.807) is 6.07 Å². The fourth-order valence-corrected chi connectivity index (χ4v) is 4.27. The maximum atomic E-state index is 13.9. The molecule has 1 heterocycles. The molecule has 2 spiro atoms. The number of nitrogens with one attached hydrogen (secondary N) is 1. The molecular weight excluding hydrogens is 241 g/mol. The molecule has 3 heteroatoms. The van der Waals surface area contributed by atoms with Crippen molar-refractivity contribution in [2.75, 3.05) is 13.1 Å². The lowest BCUT2D eigenvalue weighted by Gasteiger charge is -2.46. The van der Waals surface area contributed by atoms with Crippen LogP contribution < -0.4 is 5.32 Å². The summed E-state index contributed by atoms with van der Waals surface area (Å²) in [5.74, 6) is -0.0657. The highest BCUT2D eigenvalue weighted by Crippen LogP contribution is 2.48. The highest BCUT2D eigenvalue weighted by Gasteiger charge is 2.50. The molecule has 0 bridgehead atoms. The molecule has 1 atom stereocenters. The molecular formula is C16H20FNO. The Bertz CT molecular complexity index is 509. The molecule has 2 nitrogen and oxygen atoms in total. The second-order valence-electron chi connectivity index (χ2n) is 6.36. The van der Waals surface area contributed by atoms with E-state index < -0.39 is 0 Å². The Morgan fingerprint density at radius 3 is 2.79 bits per heavy atom. The van der Waals surface area contributed by atoms with Gasteiger partial charge in [-0.1, -0.05) is 25.0 Å². The topological polar surface area (TPSA) is 21.3 Å². The van der Waals surface area contributed by atoms with E-state index in [1.165, 1.54) is 12.8 Å². The first kappa shape index (κ1) is 11.9. The van der Waals surface area contributed by atoms with Gasteiger partial charge in [-0.25, -0.2) is 4.39 Å². The molecule has 2 aliphatic carbocycles. The number of benzene rings is 1. The Labute approximate surface area is 113 Å². The maximum Gasteiger partial charge on any atom is 0.126 e. The number of ether oxygens (including phenoxy) is 1. The van der Waals surface area contributed by atoms with Crippen molar-refractivity contribution in [3.63, 3.8) is 0 Å². The molecule has 4 rings (SSSR count). The van der Waals surface area contributed by atoms with E-state index in [0.717, 1.165) is 49.9 Å². The first-order valence-corrected chi connectivity index (χ1v) is 7.42. The third-order valence-electron chi connectivity index (χ3n) is 5.17. The van der Waals surface area contributed by atoms with Crippen LogP contribution in [0, 0.1) is 5.82 Å². The zero-order chi connectivity index (χ0) is 12.9. The second kappa shape index (κ2) is 4.03. The van der Waals surface area contributed by atoms with Gasteiger partial charge in [0.1, 0.15) is 11.4 Å². The SMILES string of the molecule is Fc1cccc2c1CCC21CNCC2(CCCC2)O1. The molecule has 1 aliphatic heterocycles. The Morgan fingerprint density at radius 1 is 1.11 bits per heavy atom. The van der Waals surface area contributed by atoms with Crippen LogP contribution in [0.5, 0.6) is 0 Å². The van der Waals surface area contributed by atoms with Gasteiger partial charge in [0.05, 0.1) is 5.60 Å².